The van der Waals surface area contributed by atoms with E-state index in [0.717, 1.165) is 11.1 Å². The van der Waals surface area contributed by atoms with Crippen molar-refractivity contribution < 1.29 is 28.8 Å². The number of benzene rings is 2. The first-order valence-electron chi connectivity index (χ1n) is 9.54. The third-order valence-electron chi connectivity index (χ3n) is 5.59. The Kier molecular flexibility index (Phi) is 4.86. The van der Waals surface area contributed by atoms with Gasteiger partial charge in [0.05, 0.1) is 32.3 Å². The van der Waals surface area contributed by atoms with Crippen molar-refractivity contribution in [3.05, 3.63) is 53.1 Å². The van der Waals surface area contributed by atoms with E-state index in [1.54, 1.807) is 38.5 Å². The number of phenols is 1. The fourth-order valence-electron chi connectivity index (χ4n) is 3.96. The zero-order chi connectivity index (χ0) is 20.7. The molecule has 2 atom stereocenters. The predicted octanol–water partition coefficient (Wildman–Crippen LogP) is 4.04. The van der Waals surface area contributed by atoms with E-state index in [2.05, 4.69) is 6.58 Å². The van der Waals surface area contributed by atoms with E-state index < -0.39 is 5.92 Å². The number of hydrogen-bond acceptors (Lipinski definition) is 6. The molecule has 0 amide bonds. The number of Topliss-reactive ketones (excluding diaryl/α,β-unsaturated/α-hetero) is 1. The second-order valence-corrected chi connectivity index (χ2v) is 7.39. The van der Waals surface area contributed by atoms with Gasteiger partial charge in [-0.3, -0.25) is 4.79 Å². The van der Waals surface area contributed by atoms with E-state index in [9.17, 15) is 9.90 Å². The molecule has 6 nitrogen and oxygen atoms in total. The van der Waals surface area contributed by atoms with Gasteiger partial charge in [-0.15, -0.1) is 0 Å². The van der Waals surface area contributed by atoms with Gasteiger partial charge in [0.25, 0.3) is 0 Å². The first-order chi connectivity index (χ1) is 13.9. The second-order valence-electron chi connectivity index (χ2n) is 7.39. The van der Waals surface area contributed by atoms with Crippen molar-refractivity contribution >= 4 is 5.78 Å². The Morgan fingerprint density at radius 3 is 2.59 bits per heavy atom. The molecule has 0 aromatic heterocycles. The van der Waals surface area contributed by atoms with Gasteiger partial charge >= 0.3 is 0 Å². The quantitative estimate of drug-likeness (QED) is 0.607. The number of ketones is 1. The standard InChI is InChI=1S/C23H24O6/c1-12(2)18-10-16-17(29-18)6-5-14(23(16)25)22(24)13-7-8-28-19-11-21(27-4)20(26-3)9-15(13)19/h5-6,9,11,13,18,25H,1,7-8,10H2,2-4H3. The van der Waals surface area contributed by atoms with Crippen LogP contribution in [0.15, 0.2) is 36.4 Å². The number of rotatable bonds is 5. The molecule has 29 heavy (non-hydrogen) atoms. The van der Waals surface area contributed by atoms with Crippen molar-refractivity contribution in [3.63, 3.8) is 0 Å². The highest BCUT2D eigenvalue weighted by atomic mass is 16.5. The maximum atomic E-state index is 13.4. The molecule has 2 aromatic carbocycles. The number of aromatic hydroxyl groups is 1. The molecule has 2 aliphatic heterocycles. The maximum absolute atomic E-state index is 13.4. The lowest BCUT2D eigenvalue weighted by Gasteiger charge is -2.26. The largest absolute Gasteiger partial charge is 0.507 e. The van der Waals surface area contributed by atoms with Gasteiger partial charge in [-0.05, 0) is 37.1 Å². The van der Waals surface area contributed by atoms with Crippen LogP contribution in [0.5, 0.6) is 28.7 Å². The lowest BCUT2D eigenvalue weighted by molar-refractivity contribution is 0.0930. The monoisotopic (exact) mass is 396 g/mol. The molecule has 0 aliphatic carbocycles. The Hall–Kier alpha value is -3.15. The Balaban J connectivity index is 1.71. The molecule has 152 valence electrons. The summed E-state index contributed by atoms with van der Waals surface area (Å²) in [6.07, 6.45) is 0.845. The minimum Gasteiger partial charge on any atom is -0.507 e. The zero-order valence-electron chi connectivity index (χ0n) is 16.8. The SMILES string of the molecule is C=C(C)C1Cc2c(ccc(C(=O)C3CCOc4cc(OC)c(OC)cc43)c2O)O1. The minimum atomic E-state index is -0.443. The van der Waals surface area contributed by atoms with Crippen LogP contribution in [0, 0.1) is 0 Å². The highest BCUT2D eigenvalue weighted by Crippen LogP contribution is 2.45. The summed E-state index contributed by atoms with van der Waals surface area (Å²) in [4.78, 5) is 13.4. The summed E-state index contributed by atoms with van der Waals surface area (Å²) in [5, 5.41) is 10.8. The zero-order valence-corrected chi connectivity index (χ0v) is 16.8. The summed E-state index contributed by atoms with van der Waals surface area (Å²) in [7, 11) is 3.10. The molecule has 0 bridgehead atoms. The smallest absolute Gasteiger partial charge is 0.174 e. The molecule has 0 saturated carbocycles. The van der Waals surface area contributed by atoms with E-state index in [1.165, 1.54) is 0 Å². The number of carbonyl (C=O) groups is 1. The van der Waals surface area contributed by atoms with Gasteiger partial charge in [-0.25, -0.2) is 0 Å². The molecular formula is C23H24O6. The van der Waals surface area contributed by atoms with Gasteiger partial charge in [0, 0.05) is 23.6 Å². The summed E-state index contributed by atoms with van der Waals surface area (Å²) < 4.78 is 22.3. The first kappa shape index (κ1) is 19.2. The molecule has 2 aromatic rings. The molecule has 4 rings (SSSR count). The Morgan fingerprint density at radius 2 is 1.90 bits per heavy atom. The Morgan fingerprint density at radius 1 is 1.17 bits per heavy atom. The number of phenolic OH excluding ortho intramolecular Hbond substituents is 1. The van der Waals surface area contributed by atoms with Gasteiger partial charge in [-0.1, -0.05) is 6.58 Å². The maximum Gasteiger partial charge on any atom is 0.174 e. The van der Waals surface area contributed by atoms with Crippen LogP contribution in [0.4, 0.5) is 0 Å². The molecule has 0 fully saturated rings. The lowest BCUT2D eigenvalue weighted by atomic mass is 9.85. The van der Waals surface area contributed by atoms with Crippen LogP contribution in [0.25, 0.3) is 0 Å². The van der Waals surface area contributed by atoms with Crippen LogP contribution in [0.1, 0.15) is 40.7 Å². The molecule has 6 heteroatoms. The lowest BCUT2D eigenvalue weighted by Crippen LogP contribution is -2.22. The molecule has 1 N–H and O–H groups in total. The van der Waals surface area contributed by atoms with E-state index in [0.29, 0.717) is 53.6 Å². The molecule has 0 spiro atoms. The number of ether oxygens (including phenoxy) is 4. The number of fused-ring (bicyclic) bond motifs is 2. The molecule has 2 heterocycles. The van der Waals surface area contributed by atoms with E-state index in [1.807, 2.05) is 6.92 Å². The van der Waals surface area contributed by atoms with E-state index in [4.69, 9.17) is 18.9 Å². The topological polar surface area (TPSA) is 74.2 Å². The Bertz CT molecular complexity index is 993. The van der Waals surface area contributed by atoms with Crippen molar-refractivity contribution in [2.45, 2.75) is 31.8 Å². The van der Waals surface area contributed by atoms with Crippen molar-refractivity contribution in [1.82, 2.24) is 0 Å². The van der Waals surface area contributed by atoms with Crippen LogP contribution in [-0.2, 0) is 6.42 Å². The third-order valence-corrected chi connectivity index (χ3v) is 5.59. The van der Waals surface area contributed by atoms with Crippen LogP contribution in [-0.4, -0.2) is 37.8 Å². The van der Waals surface area contributed by atoms with Gasteiger partial charge in [0.15, 0.2) is 17.3 Å². The highest BCUT2D eigenvalue weighted by molar-refractivity contribution is 6.04. The van der Waals surface area contributed by atoms with Crippen molar-refractivity contribution in [2.75, 3.05) is 20.8 Å². The predicted molar refractivity (Wildman–Crippen MR) is 108 cm³/mol. The highest BCUT2D eigenvalue weighted by Gasteiger charge is 2.34. The summed E-state index contributed by atoms with van der Waals surface area (Å²) >= 11 is 0. The summed E-state index contributed by atoms with van der Waals surface area (Å²) in [6, 6.07) is 6.90. The molecule has 2 aliphatic rings. The van der Waals surface area contributed by atoms with Gasteiger partial charge in [0.1, 0.15) is 23.4 Å². The molecule has 0 saturated heterocycles. The average molecular weight is 396 g/mol. The normalized spacial score (nSPS) is 19.4. The minimum absolute atomic E-state index is 0.00947. The van der Waals surface area contributed by atoms with Crippen LogP contribution in [0.2, 0.25) is 0 Å². The van der Waals surface area contributed by atoms with Gasteiger partial charge in [-0.2, -0.15) is 0 Å². The van der Waals surface area contributed by atoms with E-state index >= 15 is 0 Å². The molecule has 0 radical (unpaired) electrons. The summed E-state index contributed by atoms with van der Waals surface area (Å²) in [5.41, 5.74) is 2.56. The summed E-state index contributed by atoms with van der Waals surface area (Å²) in [5.74, 6) is 1.67. The number of hydrogen-bond donors (Lipinski definition) is 1. The van der Waals surface area contributed by atoms with Crippen LogP contribution >= 0.6 is 0 Å². The second kappa shape index (κ2) is 7.35. The van der Waals surface area contributed by atoms with Gasteiger partial charge < -0.3 is 24.1 Å². The number of methoxy groups -OCH3 is 2. The number of carbonyl (C=O) groups excluding carboxylic acids is 1. The van der Waals surface area contributed by atoms with Crippen molar-refractivity contribution in [3.8, 4) is 28.7 Å². The fourth-order valence-corrected chi connectivity index (χ4v) is 3.96. The average Bonchev–Trinajstić information content (AvgIpc) is 3.17. The molecule has 2 unspecified atom stereocenters. The molecular weight excluding hydrogens is 372 g/mol. The van der Waals surface area contributed by atoms with Crippen molar-refractivity contribution in [2.24, 2.45) is 0 Å². The first-order valence-corrected chi connectivity index (χ1v) is 9.54. The van der Waals surface area contributed by atoms with Crippen molar-refractivity contribution in [1.29, 1.82) is 0 Å². The van der Waals surface area contributed by atoms with Crippen LogP contribution < -0.4 is 18.9 Å². The third kappa shape index (κ3) is 3.18. The van der Waals surface area contributed by atoms with Gasteiger partial charge in [0.2, 0.25) is 0 Å². The van der Waals surface area contributed by atoms with E-state index in [-0.39, 0.29) is 17.6 Å². The summed E-state index contributed by atoms with van der Waals surface area (Å²) in [6.45, 7) is 6.22. The fraction of sp³-hybridized carbons (Fsp3) is 0.348. The van der Waals surface area contributed by atoms with Crippen LogP contribution in [0.3, 0.4) is 0 Å². The Labute approximate surface area is 169 Å².